The minimum absolute atomic E-state index is 0.140. The van der Waals surface area contributed by atoms with Crippen molar-refractivity contribution in [3.05, 3.63) is 92.6 Å². The van der Waals surface area contributed by atoms with Crippen molar-refractivity contribution in [3.8, 4) is 5.75 Å². The smallest absolute Gasteiger partial charge is 0.258 e. The van der Waals surface area contributed by atoms with Crippen molar-refractivity contribution in [1.82, 2.24) is 14.5 Å². The molecule has 1 aliphatic carbocycles. The van der Waals surface area contributed by atoms with E-state index in [0.717, 1.165) is 55.7 Å². The summed E-state index contributed by atoms with van der Waals surface area (Å²) in [5, 5.41) is 0.295. The minimum atomic E-state index is -3.01. The van der Waals surface area contributed by atoms with Crippen LogP contribution in [0.3, 0.4) is 0 Å². The molecule has 0 amide bonds. The van der Waals surface area contributed by atoms with Crippen LogP contribution in [0.25, 0.3) is 11.8 Å². The zero-order valence-electron chi connectivity index (χ0n) is 20.8. The molecule has 2 aliphatic rings. The summed E-state index contributed by atoms with van der Waals surface area (Å²) in [5.41, 5.74) is 5.09. The Morgan fingerprint density at radius 1 is 1.14 bits per heavy atom. The summed E-state index contributed by atoms with van der Waals surface area (Å²) in [6, 6.07) is 13.3. The lowest BCUT2D eigenvalue weighted by Gasteiger charge is -2.32. The van der Waals surface area contributed by atoms with E-state index in [9.17, 15) is 13.2 Å². The number of pyridine rings is 2. The second-order valence-corrected chi connectivity index (χ2v) is 12.6. The van der Waals surface area contributed by atoms with Crippen molar-refractivity contribution in [2.75, 3.05) is 19.3 Å². The third-order valence-corrected chi connectivity index (χ3v) is 8.85. The highest BCUT2D eigenvalue weighted by Crippen LogP contribution is 2.28. The Balaban J connectivity index is 1.26. The predicted molar refractivity (Wildman–Crippen MR) is 146 cm³/mol. The molecule has 0 radical (unpaired) electrons. The summed E-state index contributed by atoms with van der Waals surface area (Å²) in [7, 11) is -3.01. The molecule has 2 aromatic heterocycles. The number of sulfone groups is 1. The molecule has 194 valence electrons. The molecular weight excluding hydrogens is 510 g/mol. The Labute approximate surface area is 222 Å². The van der Waals surface area contributed by atoms with Crippen LogP contribution < -0.4 is 10.3 Å². The molecule has 1 aromatic carbocycles. The highest BCUT2D eigenvalue weighted by molar-refractivity contribution is 7.91. The van der Waals surface area contributed by atoms with Gasteiger partial charge in [-0.25, -0.2) is 8.42 Å². The van der Waals surface area contributed by atoms with Gasteiger partial charge in [0.2, 0.25) is 0 Å². The van der Waals surface area contributed by atoms with Crippen LogP contribution in [0.15, 0.2) is 59.7 Å². The van der Waals surface area contributed by atoms with Crippen molar-refractivity contribution in [3.63, 3.8) is 0 Å². The molecule has 1 saturated heterocycles. The van der Waals surface area contributed by atoms with E-state index in [4.69, 9.17) is 16.3 Å². The molecule has 3 heterocycles. The molecule has 1 aliphatic heterocycles. The second-order valence-electron chi connectivity index (χ2n) is 9.82. The average molecular weight is 540 g/mol. The number of hydrogen-bond acceptors (Lipinski definition) is 6. The topological polar surface area (TPSA) is 81.5 Å². The number of likely N-dealkylation sites (tertiary alicyclic amines) is 1. The number of benzene rings is 1. The third-order valence-electron chi connectivity index (χ3n) is 7.03. The first kappa shape index (κ1) is 25.7. The van der Waals surface area contributed by atoms with Gasteiger partial charge in [-0.3, -0.25) is 19.2 Å². The highest BCUT2D eigenvalue weighted by Gasteiger charge is 2.27. The lowest BCUT2D eigenvalue weighted by Crippen LogP contribution is -2.41. The van der Waals surface area contributed by atoms with Crippen LogP contribution in [0, 0.1) is 0 Å². The maximum Gasteiger partial charge on any atom is 0.258 e. The summed E-state index contributed by atoms with van der Waals surface area (Å²) in [4.78, 5) is 19.3. The number of nitrogens with zero attached hydrogens (tertiary/aromatic N) is 3. The van der Waals surface area contributed by atoms with Crippen LogP contribution in [0.2, 0.25) is 5.02 Å². The minimum Gasteiger partial charge on any atom is -0.487 e. The van der Waals surface area contributed by atoms with Crippen LogP contribution in [0.1, 0.15) is 41.6 Å². The number of ether oxygens (including phenoxy) is 1. The molecule has 37 heavy (non-hydrogen) atoms. The Morgan fingerprint density at radius 2 is 2.00 bits per heavy atom. The second kappa shape index (κ2) is 10.8. The Hall–Kier alpha value is -2.94. The normalized spacial score (nSPS) is 18.2. The van der Waals surface area contributed by atoms with Gasteiger partial charge < -0.3 is 4.74 Å². The third kappa shape index (κ3) is 6.32. The van der Waals surface area contributed by atoms with Gasteiger partial charge in [0.05, 0.1) is 16.0 Å². The van der Waals surface area contributed by atoms with E-state index in [1.54, 1.807) is 35.2 Å². The standard InChI is InChI=1S/C28H30ClN3O4S/c1-37(34,35)27-3-2-11-31(18-27)17-20-4-5-22-14-25(9-6-21(22)13-20)32-12-10-26(15-28(32)33)36-19-24-8-7-23(29)16-30-24/h4-5,7-8,10,12-16,27H,2-3,6,9,11,17-19H2,1H3/t27-/m1/s1. The Kier molecular flexibility index (Phi) is 7.51. The lowest BCUT2D eigenvalue weighted by atomic mass is 9.93. The lowest BCUT2D eigenvalue weighted by molar-refractivity contribution is 0.222. The van der Waals surface area contributed by atoms with Crippen molar-refractivity contribution in [1.29, 1.82) is 0 Å². The van der Waals surface area contributed by atoms with Gasteiger partial charge in [0.1, 0.15) is 12.4 Å². The predicted octanol–water partition coefficient (Wildman–Crippen LogP) is 4.43. The summed E-state index contributed by atoms with van der Waals surface area (Å²) in [5.74, 6) is 0.496. The molecule has 3 aromatic rings. The van der Waals surface area contributed by atoms with Crippen LogP contribution in [0.4, 0.5) is 0 Å². The van der Waals surface area contributed by atoms with Gasteiger partial charge >= 0.3 is 0 Å². The first-order chi connectivity index (χ1) is 17.7. The van der Waals surface area contributed by atoms with E-state index in [2.05, 4.69) is 34.2 Å². The quantitative estimate of drug-likeness (QED) is 0.442. The monoisotopic (exact) mass is 539 g/mol. The zero-order valence-corrected chi connectivity index (χ0v) is 22.3. The molecule has 1 atom stereocenters. The fourth-order valence-electron chi connectivity index (χ4n) is 5.02. The fourth-order valence-corrected chi connectivity index (χ4v) is 6.21. The van der Waals surface area contributed by atoms with Crippen molar-refractivity contribution >= 4 is 33.2 Å². The van der Waals surface area contributed by atoms with Gasteiger partial charge in [-0.15, -0.1) is 0 Å². The van der Waals surface area contributed by atoms with Gasteiger partial charge in [-0.1, -0.05) is 29.8 Å². The largest absolute Gasteiger partial charge is 0.487 e. The summed E-state index contributed by atoms with van der Waals surface area (Å²) >= 11 is 5.87. The number of piperidine rings is 1. The summed E-state index contributed by atoms with van der Waals surface area (Å²) in [6.45, 7) is 2.53. The number of fused-ring (bicyclic) bond motifs is 1. The zero-order chi connectivity index (χ0) is 26.0. The van der Waals surface area contributed by atoms with Crippen molar-refractivity contribution < 1.29 is 13.2 Å². The SMILES string of the molecule is CS(=O)(=O)[C@@H]1CCCN(Cc2ccc3c(c2)CCC(n2ccc(OCc4ccc(Cl)cn4)cc2=O)=C3)C1. The van der Waals surface area contributed by atoms with Crippen molar-refractivity contribution in [2.24, 2.45) is 0 Å². The van der Waals surface area contributed by atoms with E-state index >= 15 is 0 Å². The molecule has 0 spiro atoms. The van der Waals surface area contributed by atoms with E-state index in [1.165, 1.54) is 23.4 Å². The molecule has 1 fully saturated rings. The Bertz CT molecular complexity index is 1480. The number of aryl methyl sites for hydroxylation is 1. The van der Waals surface area contributed by atoms with Gasteiger partial charge in [0, 0.05) is 43.5 Å². The number of aromatic nitrogens is 2. The summed E-state index contributed by atoms with van der Waals surface area (Å²) in [6.07, 6.45) is 9.99. The molecule has 7 nitrogen and oxygen atoms in total. The van der Waals surface area contributed by atoms with Gasteiger partial charge in [0.15, 0.2) is 9.84 Å². The van der Waals surface area contributed by atoms with Crippen LogP contribution in [0.5, 0.6) is 5.75 Å². The molecule has 0 N–H and O–H groups in total. The molecule has 5 rings (SSSR count). The Morgan fingerprint density at radius 3 is 2.76 bits per heavy atom. The number of allylic oxidation sites excluding steroid dienone is 1. The van der Waals surface area contributed by atoms with Gasteiger partial charge in [-0.05, 0) is 73.2 Å². The van der Waals surface area contributed by atoms with Gasteiger partial charge in [-0.2, -0.15) is 0 Å². The molecule has 0 saturated carbocycles. The van der Waals surface area contributed by atoms with E-state index in [0.29, 0.717) is 17.3 Å². The molecular formula is C28H30ClN3O4S. The highest BCUT2D eigenvalue weighted by atomic mass is 35.5. The van der Waals surface area contributed by atoms with E-state index < -0.39 is 9.84 Å². The number of hydrogen-bond donors (Lipinski definition) is 0. The number of rotatable bonds is 7. The van der Waals surface area contributed by atoms with Crippen molar-refractivity contribution in [2.45, 2.75) is 44.1 Å². The molecule has 0 bridgehead atoms. The van der Waals surface area contributed by atoms with Crippen LogP contribution in [-0.2, 0) is 29.4 Å². The fraction of sp³-hybridized carbons (Fsp3) is 0.357. The summed E-state index contributed by atoms with van der Waals surface area (Å²) < 4.78 is 31.4. The first-order valence-corrected chi connectivity index (χ1v) is 14.8. The molecule has 9 heteroatoms. The first-order valence-electron chi connectivity index (χ1n) is 12.4. The van der Waals surface area contributed by atoms with E-state index in [-0.39, 0.29) is 17.4 Å². The average Bonchev–Trinajstić information content (AvgIpc) is 2.88. The van der Waals surface area contributed by atoms with E-state index in [1.807, 2.05) is 0 Å². The van der Waals surface area contributed by atoms with Crippen LogP contribution >= 0.6 is 11.6 Å². The molecule has 0 unspecified atom stereocenters. The number of halogens is 1. The maximum absolute atomic E-state index is 12.8. The van der Waals surface area contributed by atoms with Gasteiger partial charge in [0.25, 0.3) is 5.56 Å². The van der Waals surface area contributed by atoms with Crippen LogP contribution in [-0.4, -0.2) is 47.5 Å². The maximum atomic E-state index is 12.8.